The molecule has 0 fully saturated rings. The second-order valence-corrected chi connectivity index (χ2v) is 3.33. The lowest BCUT2D eigenvalue weighted by molar-refractivity contribution is -0.127. The van der Waals surface area contributed by atoms with E-state index in [0.29, 0.717) is 0 Å². The lowest BCUT2D eigenvalue weighted by Crippen LogP contribution is -2.26. The largest absolute Gasteiger partial charge is 0.393 e. The van der Waals surface area contributed by atoms with Gasteiger partial charge in [0.15, 0.2) is 0 Å². The molecule has 0 bridgehead atoms. The zero-order chi connectivity index (χ0) is 13.1. The third-order valence-electron chi connectivity index (χ3n) is 2.01. The van der Waals surface area contributed by atoms with Crippen LogP contribution in [0.5, 0.6) is 0 Å². The SMILES string of the molecule is CON(C)C(=O)c1ccc(CC(F)(F)F)cn1. The third kappa shape index (κ3) is 4.03. The first-order valence-corrected chi connectivity index (χ1v) is 4.67. The number of amides is 1. The van der Waals surface area contributed by atoms with Crippen LogP contribution in [0, 0.1) is 0 Å². The summed E-state index contributed by atoms with van der Waals surface area (Å²) < 4.78 is 36.2. The minimum Gasteiger partial charge on any atom is -0.274 e. The lowest BCUT2D eigenvalue weighted by atomic mass is 10.2. The zero-order valence-electron chi connectivity index (χ0n) is 9.28. The molecule has 0 radical (unpaired) electrons. The van der Waals surface area contributed by atoms with E-state index in [4.69, 9.17) is 0 Å². The average molecular weight is 248 g/mol. The van der Waals surface area contributed by atoms with E-state index >= 15 is 0 Å². The van der Waals surface area contributed by atoms with Crippen molar-refractivity contribution in [2.75, 3.05) is 14.2 Å². The highest BCUT2D eigenvalue weighted by Crippen LogP contribution is 2.20. The molecule has 0 atom stereocenters. The number of hydroxylamine groups is 2. The Morgan fingerprint density at radius 3 is 2.53 bits per heavy atom. The highest BCUT2D eigenvalue weighted by molar-refractivity contribution is 5.91. The van der Waals surface area contributed by atoms with Gasteiger partial charge in [-0.05, 0) is 11.6 Å². The second-order valence-electron chi connectivity index (χ2n) is 3.33. The van der Waals surface area contributed by atoms with Crippen molar-refractivity contribution >= 4 is 5.91 Å². The van der Waals surface area contributed by atoms with Crippen molar-refractivity contribution < 1.29 is 22.8 Å². The summed E-state index contributed by atoms with van der Waals surface area (Å²) in [6.07, 6.45) is -4.31. The van der Waals surface area contributed by atoms with Gasteiger partial charge in [0.1, 0.15) is 5.69 Å². The molecule has 1 aromatic rings. The minimum atomic E-state index is -4.28. The molecule has 1 heterocycles. The molecule has 0 N–H and O–H groups in total. The van der Waals surface area contributed by atoms with Gasteiger partial charge >= 0.3 is 6.18 Å². The molecule has 1 aromatic heterocycles. The molecule has 4 nitrogen and oxygen atoms in total. The van der Waals surface area contributed by atoms with Crippen LogP contribution < -0.4 is 0 Å². The average Bonchev–Trinajstić information content (AvgIpc) is 2.26. The molecule has 7 heteroatoms. The van der Waals surface area contributed by atoms with E-state index in [9.17, 15) is 18.0 Å². The van der Waals surface area contributed by atoms with E-state index in [-0.39, 0.29) is 11.3 Å². The van der Waals surface area contributed by atoms with Crippen LogP contribution in [0.4, 0.5) is 13.2 Å². The van der Waals surface area contributed by atoms with Gasteiger partial charge in [0.05, 0.1) is 13.5 Å². The van der Waals surface area contributed by atoms with Crippen LogP contribution in [-0.2, 0) is 11.3 Å². The van der Waals surface area contributed by atoms with E-state index in [2.05, 4.69) is 9.82 Å². The first-order chi connectivity index (χ1) is 7.83. The molecule has 1 rings (SSSR count). The highest BCUT2D eigenvalue weighted by atomic mass is 19.4. The van der Waals surface area contributed by atoms with Crippen molar-refractivity contribution in [2.24, 2.45) is 0 Å². The van der Waals surface area contributed by atoms with Gasteiger partial charge < -0.3 is 0 Å². The fourth-order valence-electron chi connectivity index (χ4n) is 1.13. The summed E-state index contributed by atoms with van der Waals surface area (Å²) in [6, 6.07) is 2.45. The summed E-state index contributed by atoms with van der Waals surface area (Å²) in [5.41, 5.74) is 0.0365. The van der Waals surface area contributed by atoms with Gasteiger partial charge in [-0.3, -0.25) is 14.6 Å². The fourth-order valence-corrected chi connectivity index (χ4v) is 1.13. The Bertz CT molecular complexity index is 390. The monoisotopic (exact) mass is 248 g/mol. The number of hydrogen-bond acceptors (Lipinski definition) is 3. The predicted octanol–water partition coefficient (Wildman–Crippen LogP) is 1.82. The number of hydrogen-bond donors (Lipinski definition) is 0. The smallest absolute Gasteiger partial charge is 0.274 e. The number of rotatable bonds is 3. The molecule has 94 valence electrons. The number of halogens is 3. The Hall–Kier alpha value is -1.63. The molecule has 0 saturated heterocycles. The summed E-state index contributed by atoms with van der Waals surface area (Å²) in [6.45, 7) is 0. The Balaban J connectivity index is 2.78. The van der Waals surface area contributed by atoms with Gasteiger partial charge in [-0.25, -0.2) is 5.06 Å². The molecule has 0 aliphatic heterocycles. The maximum absolute atomic E-state index is 12.1. The van der Waals surface area contributed by atoms with Crippen LogP contribution in [0.2, 0.25) is 0 Å². The third-order valence-corrected chi connectivity index (χ3v) is 2.01. The van der Waals surface area contributed by atoms with E-state index in [1.165, 1.54) is 26.3 Å². The van der Waals surface area contributed by atoms with Crippen LogP contribution in [0.3, 0.4) is 0 Å². The van der Waals surface area contributed by atoms with Gasteiger partial charge in [0.25, 0.3) is 5.91 Å². The number of carbonyl (C=O) groups excluding carboxylic acids is 1. The number of carbonyl (C=O) groups is 1. The quantitative estimate of drug-likeness (QED) is 0.766. The standard InChI is InChI=1S/C10H11F3N2O2/c1-15(17-2)9(16)8-4-3-7(6-14-8)5-10(11,12)13/h3-4,6H,5H2,1-2H3. The second kappa shape index (κ2) is 5.13. The van der Waals surface area contributed by atoms with Gasteiger partial charge in [-0.2, -0.15) is 13.2 Å². The normalized spacial score (nSPS) is 11.4. The number of nitrogens with zero attached hydrogens (tertiary/aromatic N) is 2. The molecule has 0 unspecified atom stereocenters. The molecule has 17 heavy (non-hydrogen) atoms. The molecule has 0 spiro atoms. The molecule has 1 amide bonds. The summed E-state index contributed by atoms with van der Waals surface area (Å²) in [7, 11) is 2.68. The molecular formula is C10H11F3N2O2. The van der Waals surface area contributed by atoms with Gasteiger partial charge in [0, 0.05) is 13.2 Å². The maximum Gasteiger partial charge on any atom is 0.393 e. The topological polar surface area (TPSA) is 42.4 Å². The van der Waals surface area contributed by atoms with Gasteiger partial charge in [0.2, 0.25) is 0 Å². The molecule has 0 saturated carbocycles. The van der Waals surface area contributed by atoms with Crippen LogP contribution >= 0.6 is 0 Å². The summed E-state index contributed by atoms with van der Waals surface area (Å²) >= 11 is 0. The van der Waals surface area contributed by atoms with Crippen LogP contribution in [0.1, 0.15) is 16.1 Å². The van der Waals surface area contributed by atoms with Crippen molar-refractivity contribution in [1.82, 2.24) is 10.0 Å². The highest BCUT2D eigenvalue weighted by Gasteiger charge is 2.27. The maximum atomic E-state index is 12.1. The predicted molar refractivity (Wildman–Crippen MR) is 53.1 cm³/mol. The summed E-state index contributed by atoms with van der Waals surface area (Å²) in [5.74, 6) is -0.522. The van der Waals surface area contributed by atoms with Crippen molar-refractivity contribution in [2.45, 2.75) is 12.6 Å². The number of aromatic nitrogens is 1. The van der Waals surface area contributed by atoms with Crippen LogP contribution in [-0.4, -0.2) is 36.3 Å². The Kier molecular flexibility index (Phi) is 4.06. The van der Waals surface area contributed by atoms with Crippen LogP contribution in [0.25, 0.3) is 0 Å². The number of pyridine rings is 1. The summed E-state index contributed by atoms with van der Waals surface area (Å²) in [5, 5.41) is 0.936. The Labute approximate surface area is 96.0 Å². The Morgan fingerprint density at radius 2 is 2.12 bits per heavy atom. The molecule has 0 aliphatic rings. The Morgan fingerprint density at radius 1 is 1.47 bits per heavy atom. The van der Waals surface area contributed by atoms with Gasteiger partial charge in [-0.1, -0.05) is 6.07 Å². The van der Waals surface area contributed by atoms with E-state index in [1.807, 2.05) is 0 Å². The van der Waals surface area contributed by atoms with Crippen molar-refractivity contribution in [3.63, 3.8) is 0 Å². The number of alkyl halides is 3. The molecule has 0 aliphatic carbocycles. The van der Waals surface area contributed by atoms with Crippen molar-refractivity contribution in [1.29, 1.82) is 0 Å². The van der Waals surface area contributed by atoms with E-state index in [1.54, 1.807) is 0 Å². The summed E-state index contributed by atoms with van der Waals surface area (Å²) in [4.78, 5) is 19.8. The van der Waals surface area contributed by atoms with Crippen molar-refractivity contribution in [3.05, 3.63) is 29.6 Å². The molecule has 0 aromatic carbocycles. The lowest BCUT2D eigenvalue weighted by Gasteiger charge is -2.13. The first-order valence-electron chi connectivity index (χ1n) is 4.67. The van der Waals surface area contributed by atoms with E-state index in [0.717, 1.165) is 11.3 Å². The minimum absolute atomic E-state index is 0.00844. The van der Waals surface area contributed by atoms with E-state index < -0.39 is 18.5 Å². The van der Waals surface area contributed by atoms with Crippen molar-refractivity contribution in [3.8, 4) is 0 Å². The molecular weight excluding hydrogens is 237 g/mol. The zero-order valence-corrected chi connectivity index (χ0v) is 9.28. The van der Waals surface area contributed by atoms with Crippen LogP contribution in [0.15, 0.2) is 18.3 Å². The first kappa shape index (κ1) is 13.4. The fraction of sp³-hybridized carbons (Fsp3) is 0.400. The van der Waals surface area contributed by atoms with Gasteiger partial charge in [-0.15, -0.1) is 0 Å².